The largest absolute Gasteiger partial charge is 0.463 e. The van der Waals surface area contributed by atoms with Crippen LogP contribution in [-0.2, 0) is 10.0 Å². The Morgan fingerprint density at radius 1 is 1.60 bits per heavy atom. The second kappa shape index (κ2) is 2.10. The average Bonchev–Trinajstić information content (AvgIpc) is 2.08. The van der Waals surface area contributed by atoms with Crippen molar-refractivity contribution in [3.05, 3.63) is 0 Å². The van der Waals surface area contributed by atoms with Crippen LogP contribution in [0.1, 0.15) is 0 Å². The molecule has 0 saturated carbocycles. The van der Waals surface area contributed by atoms with Crippen molar-refractivity contribution in [2.24, 2.45) is 0 Å². The lowest BCUT2D eigenvalue weighted by Crippen LogP contribution is -2.38. The molecular weight excluding hydrogens is 160 g/mol. The summed E-state index contributed by atoms with van der Waals surface area (Å²) in [5, 5.41) is 8.23. The maximum Gasteiger partial charge on any atom is 0.436 e. The lowest BCUT2D eigenvalue weighted by molar-refractivity contribution is 0.163. The van der Waals surface area contributed by atoms with E-state index in [-0.39, 0.29) is 16.7 Å². The van der Waals surface area contributed by atoms with Crippen molar-refractivity contribution >= 4 is 16.1 Å². The second-order valence-electron chi connectivity index (χ2n) is 1.77. The molecule has 1 heterocycles. The molecule has 0 aromatic rings. The fourth-order valence-corrected chi connectivity index (χ4v) is 1.71. The number of carboxylic acid groups (broad SMARTS) is 1. The minimum atomic E-state index is -3.56. The first-order chi connectivity index (χ1) is 4.54. The first-order valence-electron chi connectivity index (χ1n) is 2.53. The van der Waals surface area contributed by atoms with E-state index in [1.807, 2.05) is 0 Å². The van der Waals surface area contributed by atoms with Crippen LogP contribution in [0.4, 0.5) is 4.79 Å². The third-order valence-corrected chi connectivity index (χ3v) is 2.63. The van der Waals surface area contributed by atoms with Crippen molar-refractivity contribution in [3.63, 3.8) is 0 Å². The molecule has 1 amide bonds. The van der Waals surface area contributed by atoms with Crippen molar-refractivity contribution in [1.29, 1.82) is 0 Å². The second-order valence-corrected chi connectivity index (χ2v) is 3.71. The molecule has 0 spiro atoms. The molecule has 2 N–H and O–H groups in total. The monoisotopic (exact) mass is 166 g/mol. The minimum absolute atomic E-state index is 0.153. The van der Waals surface area contributed by atoms with Gasteiger partial charge in [-0.05, 0) is 0 Å². The maximum atomic E-state index is 10.7. The summed E-state index contributed by atoms with van der Waals surface area (Å²) in [7, 11) is -3.56. The number of sulfonamides is 1. The van der Waals surface area contributed by atoms with E-state index in [9.17, 15) is 13.2 Å². The van der Waals surface area contributed by atoms with E-state index < -0.39 is 16.1 Å². The predicted molar refractivity (Wildman–Crippen MR) is 31.7 cm³/mol. The summed E-state index contributed by atoms with van der Waals surface area (Å²) < 4.78 is 21.6. The normalized spacial score (nSPS) is 23.0. The van der Waals surface area contributed by atoms with Gasteiger partial charge in [-0.2, -0.15) is 0 Å². The standard InChI is InChI=1S/C3H6N2O4S/c6-3(7)5-4-1-2-10(5,8)9/h4H,1-2H2,(H,6,7). The van der Waals surface area contributed by atoms with Crippen LogP contribution in [0.5, 0.6) is 0 Å². The Morgan fingerprint density at radius 2 is 2.20 bits per heavy atom. The summed E-state index contributed by atoms with van der Waals surface area (Å²) >= 11 is 0. The lowest BCUT2D eigenvalue weighted by atomic mass is 10.8. The number of hydrogen-bond acceptors (Lipinski definition) is 4. The SMILES string of the molecule is O=C(O)N1NCCS1(=O)=O. The number of hydrazine groups is 1. The summed E-state index contributed by atoms with van der Waals surface area (Å²) in [4.78, 5) is 10.1. The summed E-state index contributed by atoms with van der Waals surface area (Å²) in [6, 6.07) is 0. The van der Waals surface area contributed by atoms with Crippen molar-refractivity contribution in [2.75, 3.05) is 12.3 Å². The van der Waals surface area contributed by atoms with Crippen molar-refractivity contribution in [3.8, 4) is 0 Å². The van der Waals surface area contributed by atoms with E-state index in [2.05, 4.69) is 5.43 Å². The van der Waals surface area contributed by atoms with Crippen molar-refractivity contribution in [1.82, 2.24) is 9.84 Å². The summed E-state index contributed by atoms with van der Waals surface area (Å²) in [5.74, 6) is -0.153. The first kappa shape index (κ1) is 7.29. The van der Waals surface area contributed by atoms with E-state index in [4.69, 9.17) is 5.11 Å². The van der Waals surface area contributed by atoms with Gasteiger partial charge in [-0.15, -0.1) is 4.41 Å². The molecule has 1 saturated heterocycles. The molecule has 0 atom stereocenters. The van der Waals surface area contributed by atoms with E-state index >= 15 is 0 Å². The highest BCUT2D eigenvalue weighted by molar-refractivity contribution is 7.89. The van der Waals surface area contributed by atoms with E-state index in [0.717, 1.165) is 0 Å². The molecule has 0 bridgehead atoms. The van der Waals surface area contributed by atoms with Gasteiger partial charge in [0.2, 0.25) is 0 Å². The van der Waals surface area contributed by atoms with Crippen LogP contribution in [0, 0.1) is 0 Å². The highest BCUT2D eigenvalue weighted by Gasteiger charge is 2.32. The number of nitrogens with one attached hydrogen (secondary N) is 1. The van der Waals surface area contributed by atoms with Gasteiger partial charge in [-0.3, -0.25) is 0 Å². The molecule has 10 heavy (non-hydrogen) atoms. The zero-order valence-corrected chi connectivity index (χ0v) is 5.76. The van der Waals surface area contributed by atoms with Crippen molar-refractivity contribution in [2.45, 2.75) is 0 Å². The topological polar surface area (TPSA) is 86.7 Å². The zero-order valence-electron chi connectivity index (χ0n) is 4.94. The summed E-state index contributed by atoms with van der Waals surface area (Å²) in [5.41, 5.74) is 2.19. The number of rotatable bonds is 0. The third-order valence-electron chi connectivity index (χ3n) is 1.07. The molecular formula is C3H6N2O4S. The molecule has 1 fully saturated rings. The molecule has 0 aromatic heterocycles. The third kappa shape index (κ3) is 1.05. The van der Waals surface area contributed by atoms with Gasteiger partial charge in [0.15, 0.2) is 0 Å². The van der Waals surface area contributed by atoms with Gasteiger partial charge in [-0.25, -0.2) is 18.6 Å². The van der Waals surface area contributed by atoms with Gasteiger partial charge in [-0.1, -0.05) is 0 Å². The number of amides is 1. The first-order valence-corrected chi connectivity index (χ1v) is 4.14. The lowest BCUT2D eigenvalue weighted by Gasteiger charge is -2.07. The highest BCUT2D eigenvalue weighted by atomic mass is 32.2. The van der Waals surface area contributed by atoms with E-state index in [1.54, 1.807) is 0 Å². The fourth-order valence-electron chi connectivity index (χ4n) is 0.652. The van der Waals surface area contributed by atoms with Crippen LogP contribution < -0.4 is 5.43 Å². The number of nitrogens with zero attached hydrogens (tertiary/aromatic N) is 1. The number of carbonyl (C=O) groups is 1. The van der Waals surface area contributed by atoms with Gasteiger partial charge >= 0.3 is 6.09 Å². The Labute approximate surface area is 57.5 Å². The predicted octanol–water partition coefficient (Wildman–Crippen LogP) is -1.19. The quantitative estimate of drug-likeness (QED) is 0.472. The number of hydrogen-bond donors (Lipinski definition) is 2. The summed E-state index contributed by atoms with van der Waals surface area (Å²) in [6.07, 6.45) is -1.49. The summed E-state index contributed by atoms with van der Waals surface area (Å²) in [6.45, 7) is 0.161. The smallest absolute Gasteiger partial charge is 0.436 e. The van der Waals surface area contributed by atoms with Crippen LogP contribution >= 0.6 is 0 Å². The van der Waals surface area contributed by atoms with Crippen LogP contribution in [0.2, 0.25) is 0 Å². The van der Waals surface area contributed by atoms with Gasteiger partial charge < -0.3 is 5.11 Å². The Bertz CT molecular complexity index is 245. The van der Waals surface area contributed by atoms with Crippen molar-refractivity contribution < 1.29 is 18.3 Å². The average molecular weight is 166 g/mol. The van der Waals surface area contributed by atoms with Gasteiger partial charge in [0.25, 0.3) is 10.0 Å². The van der Waals surface area contributed by atoms with E-state index in [1.165, 1.54) is 0 Å². The Hall–Kier alpha value is -0.820. The molecule has 0 unspecified atom stereocenters. The highest BCUT2D eigenvalue weighted by Crippen LogP contribution is 2.03. The Morgan fingerprint density at radius 3 is 2.40 bits per heavy atom. The van der Waals surface area contributed by atoms with Gasteiger partial charge in [0.1, 0.15) is 0 Å². The van der Waals surface area contributed by atoms with Crippen LogP contribution in [0.15, 0.2) is 0 Å². The molecule has 1 rings (SSSR count). The van der Waals surface area contributed by atoms with Crippen LogP contribution in [-0.4, -0.2) is 36.3 Å². The Balaban J connectivity index is 2.90. The van der Waals surface area contributed by atoms with E-state index in [0.29, 0.717) is 0 Å². The molecule has 7 heteroatoms. The molecule has 58 valence electrons. The molecule has 0 aromatic carbocycles. The Kier molecular flexibility index (Phi) is 1.53. The molecule has 1 aliphatic rings. The van der Waals surface area contributed by atoms with Crippen LogP contribution in [0.3, 0.4) is 0 Å². The molecule has 1 aliphatic heterocycles. The minimum Gasteiger partial charge on any atom is -0.463 e. The fraction of sp³-hybridized carbons (Fsp3) is 0.667. The maximum absolute atomic E-state index is 10.7. The van der Waals surface area contributed by atoms with Gasteiger partial charge in [0, 0.05) is 6.54 Å². The zero-order chi connectivity index (χ0) is 7.78. The molecule has 6 nitrogen and oxygen atoms in total. The van der Waals surface area contributed by atoms with Gasteiger partial charge in [0.05, 0.1) is 5.75 Å². The molecule has 0 radical (unpaired) electrons. The van der Waals surface area contributed by atoms with Crippen LogP contribution in [0.25, 0.3) is 0 Å². The molecule has 0 aliphatic carbocycles.